The highest BCUT2D eigenvalue weighted by Crippen LogP contribution is 2.24. The Hall–Kier alpha value is -2.11. The van der Waals surface area contributed by atoms with Crippen LogP contribution < -0.4 is 10.6 Å². The average molecular weight is 263 g/mol. The zero-order valence-corrected chi connectivity index (χ0v) is 10.8. The molecule has 0 aliphatic carbocycles. The first kappa shape index (κ1) is 13.3. The molecule has 1 aromatic rings. The van der Waals surface area contributed by atoms with Crippen molar-refractivity contribution in [3.63, 3.8) is 0 Å². The van der Waals surface area contributed by atoms with Gasteiger partial charge in [-0.1, -0.05) is 0 Å². The van der Waals surface area contributed by atoms with Gasteiger partial charge in [0.05, 0.1) is 0 Å². The van der Waals surface area contributed by atoms with E-state index in [2.05, 4.69) is 4.98 Å². The molecule has 6 nitrogen and oxygen atoms in total. The fraction of sp³-hybridized carbons (Fsp3) is 0.462. The molecule has 6 heteroatoms. The van der Waals surface area contributed by atoms with E-state index in [1.807, 2.05) is 0 Å². The van der Waals surface area contributed by atoms with Crippen LogP contribution in [0.5, 0.6) is 0 Å². The number of pyridine rings is 1. The predicted octanol–water partition coefficient (Wildman–Crippen LogP) is 0.932. The number of aryl methyl sites for hydroxylation is 1. The van der Waals surface area contributed by atoms with Crippen LogP contribution in [-0.4, -0.2) is 34.6 Å². The van der Waals surface area contributed by atoms with Crippen molar-refractivity contribution in [2.24, 2.45) is 5.73 Å². The quantitative estimate of drug-likeness (QED) is 0.845. The highest BCUT2D eigenvalue weighted by atomic mass is 16.4. The molecule has 1 aliphatic heterocycles. The van der Waals surface area contributed by atoms with Gasteiger partial charge in [-0.25, -0.2) is 9.78 Å². The van der Waals surface area contributed by atoms with E-state index in [-0.39, 0.29) is 0 Å². The van der Waals surface area contributed by atoms with E-state index in [0.29, 0.717) is 30.0 Å². The summed E-state index contributed by atoms with van der Waals surface area (Å²) in [6.07, 6.45) is 2.41. The number of carbonyl (C=O) groups is 2. The topological polar surface area (TPSA) is 96.5 Å². The molecule has 0 bridgehead atoms. The van der Waals surface area contributed by atoms with Gasteiger partial charge in [-0.05, 0) is 38.3 Å². The number of carboxylic acids is 1. The van der Waals surface area contributed by atoms with Gasteiger partial charge in [-0.15, -0.1) is 0 Å². The van der Waals surface area contributed by atoms with Crippen molar-refractivity contribution in [3.8, 4) is 0 Å². The third-order valence-corrected chi connectivity index (χ3v) is 3.31. The fourth-order valence-electron chi connectivity index (χ4n) is 2.40. The summed E-state index contributed by atoms with van der Waals surface area (Å²) in [6.45, 7) is 2.39. The van der Waals surface area contributed by atoms with Crippen LogP contribution in [0.15, 0.2) is 12.1 Å². The van der Waals surface area contributed by atoms with Gasteiger partial charge in [0.1, 0.15) is 11.9 Å². The Morgan fingerprint density at radius 3 is 2.79 bits per heavy atom. The monoisotopic (exact) mass is 263 g/mol. The Labute approximate surface area is 111 Å². The lowest BCUT2D eigenvalue weighted by molar-refractivity contribution is -0.139. The number of amides is 1. The Bertz CT molecular complexity index is 516. The first-order valence-corrected chi connectivity index (χ1v) is 6.27. The highest BCUT2D eigenvalue weighted by molar-refractivity contribution is 5.93. The molecule has 1 aliphatic rings. The average Bonchev–Trinajstić information content (AvgIpc) is 2.37. The van der Waals surface area contributed by atoms with Crippen molar-refractivity contribution in [2.75, 3.05) is 11.4 Å². The maximum Gasteiger partial charge on any atom is 0.326 e. The second-order valence-corrected chi connectivity index (χ2v) is 4.76. The lowest BCUT2D eigenvalue weighted by Crippen LogP contribution is -2.45. The molecule has 3 N–H and O–H groups in total. The molecule has 0 spiro atoms. The van der Waals surface area contributed by atoms with E-state index in [9.17, 15) is 14.7 Å². The molecule has 2 heterocycles. The van der Waals surface area contributed by atoms with Gasteiger partial charge < -0.3 is 15.7 Å². The van der Waals surface area contributed by atoms with Crippen LogP contribution in [0.3, 0.4) is 0 Å². The summed E-state index contributed by atoms with van der Waals surface area (Å²) in [7, 11) is 0. The normalized spacial score (nSPS) is 19.2. The lowest BCUT2D eigenvalue weighted by Gasteiger charge is -2.34. The number of rotatable bonds is 3. The molecule has 0 saturated carbocycles. The maximum atomic E-state index is 11.3. The van der Waals surface area contributed by atoms with Crippen molar-refractivity contribution in [3.05, 3.63) is 23.4 Å². The number of aromatic nitrogens is 1. The van der Waals surface area contributed by atoms with E-state index < -0.39 is 17.9 Å². The number of aliphatic carboxylic acids is 1. The predicted molar refractivity (Wildman–Crippen MR) is 70.1 cm³/mol. The molecule has 1 aromatic heterocycles. The number of primary amides is 1. The van der Waals surface area contributed by atoms with Crippen molar-refractivity contribution in [1.29, 1.82) is 0 Å². The number of hydrogen-bond acceptors (Lipinski definition) is 4. The number of hydrogen-bond donors (Lipinski definition) is 2. The molecular weight excluding hydrogens is 246 g/mol. The number of piperidine rings is 1. The molecule has 1 atom stereocenters. The molecule has 1 fully saturated rings. The van der Waals surface area contributed by atoms with Crippen molar-refractivity contribution in [2.45, 2.75) is 32.2 Å². The fourth-order valence-corrected chi connectivity index (χ4v) is 2.40. The van der Waals surface area contributed by atoms with E-state index in [4.69, 9.17) is 5.73 Å². The lowest BCUT2D eigenvalue weighted by atomic mass is 10.0. The third kappa shape index (κ3) is 2.83. The number of anilines is 1. The molecule has 0 radical (unpaired) electrons. The summed E-state index contributed by atoms with van der Waals surface area (Å²) in [5, 5.41) is 9.26. The van der Waals surface area contributed by atoms with Crippen molar-refractivity contribution in [1.82, 2.24) is 4.98 Å². The smallest absolute Gasteiger partial charge is 0.326 e. The molecule has 1 amide bonds. The van der Waals surface area contributed by atoms with E-state index in [1.54, 1.807) is 24.0 Å². The molecule has 0 aromatic carbocycles. The molecule has 2 rings (SSSR count). The van der Waals surface area contributed by atoms with E-state index in [1.165, 1.54) is 0 Å². The van der Waals surface area contributed by atoms with Crippen LogP contribution in [0.2, 0.25) is 0 Å². The second kappa shape index (κ2) is 5.26. The van der Waals surface area contributed by atoms with Gasteiger partial charge in [0.15, 0.2) is 0 Å². The van der Waals surface area contributed by atoms with Crippen molar-refractivity contribution >= 4 is 17.7 Å². The van der Waals surface area contributed by atoms with E-state index in [0.717, 1.165) is 12.8 Å². The molecule has 1 saturated heterocycles. The van der Waals surface area contributed by atoms with E-state index >= 15 is 0 Å². The zero-order chi connectivity index (χ0) is 14.0. The number of nitrogens with two attached hydrogens (primary N) is 1. The minimum Gasteiger partial charge on any atom is -0.480 e. The Balaban J connectivity index is 2.38. The SMILES string of the molecule is Cc1cc(C(N)=O)cc(N2CCCCC2C(=O)O)n1. The first-order valence-electron chi connectivity index (χ1n) is 6.27. The standard InChI is InChI=1S/C13H17N3O3/c1-8-6-9(12(14)17)7-11(15-8)16-5-3-2-4-10(16)13(18)19/h6-7,10H,2-5H2,1H3,(H2,14,17)(H,18,19). The Morgan fingerprint density at radius 1 is 1.42 bits per heavy atom. The first-order chi connectivity index (χ1) is 8.99. The number of carboxylic acid groups (broad SMARTS) is 1. The van der Waals surface area contributed by atoms with Gasteiger partial charge in [-0.2, -0.15) is 0 Å². The van der Waals surface area contributed by atoms with Crippen LogP contribution in [0.4, 0.5) is 5.82 Å². The molecule has 102 valence electrons. The summed E-state index contributed by atoms with van der Waals surface area (Å²) in [5.41, 5.74) is 6.29. The summed E-state index contributed by atoms with van der Waals surface area (Å²) in [5.74, 6) is -0.875. The summed E-state index contributed by atoms with van der Waals surface area (Å²) in [6, 6.07) is 2.59. The summed E-state index contributed by atoms with van der Waals surface area (Å²) in [4.78, 5) is 28.6. The molecule has 19 heavy (non-hydrogen) atoms. The Morgan fingerprint density at radius 2 is 2.16 bits per heavy atom. The van der Waals surface area contributed by atoms with Gasteiger partial charge in [-0.3, -0.25) is 4.79 Å². The van der Waals surface area contributed by atoms with Gasteiger partial charge >= 0.3 is 5.97 Å². The second-order valence-electron chi connectivity index (χ2n) is 4.76. The zero-order valence-electron chi connectivity index (χ0n) is 10.8. The van der Waals surface area contributed by atoms with Crippen LogP contribution in [0, 0.1) is 6.92 Å². The minimum atomic E-state index is -0.858. The number of nitrogens with zero attached hydrogens (tertiary/aromatic N) is 2. The molecular formula is C13H17N3O3. The summed E-state index contributed by atoms with van der Waals surface area (Å²) < 4.78 is 0. The maximum absolute atomic E-state index is 11.3. The summed E-state index contributed by atoms with van der Waals surface area (Å²) >= 11 is 0. The van der Waals surface area contributed by atoms with Crippen molar-refractivity contribution < 1.29 is 14.7 Å². The van der Waals surface area contributed by atoms with Gasteiger partial charge in [0.2, 0.25) is 5.91 Å². The van der Waals surface area contributed by atoms with Crippen LogP contribution >= 0.6 is 0 Å². The molecule has 1 unspecified atom stereocenters. The highest BCUT2D eigenvalue weighted by Gasteiger charge is 2.29. The van der Waals surface area contributed by atoms with Gasteiger partial charge in [0, 0.05) is 17.8 Å². The van der Waals surface area contributed by atoms with Crippen LogP contribution in [0.1, 0.15) is 35.3 Å². The largest absolute Gasteiger partial charge is 0.480 e. The minimum absolute atomic E-state index is 0.359. The Kier molecular flexibility index (Phi) is 3.69. The van der Waals surface area contributed by atoms with Crippen LogP contribution in [0.25, 0.3) is 0 Å². The van der Waals surface area contributed by atoms with Gasteiger partial charge in [0.25, 0.3) is 0 Å². The number of carbonyl (C=O) groups excluding carboxylic acids is 1. The third-order valence-electron chi connectivity index (χ3n) is 3.31. The van der Waals surface area contributed by atoms with Crippen LogP contribution in [-0.2, 0) is 4.79 Å².